The summed E-state index contributed by atoms with van der Waals surface area (Å²) in [6.45, 7) is 0.0788. The van der Waals surface area contributed by atoms with E-state index in [2.05, 4.69) is 15.0 Å². The smallest absolute Gasteiger partial charge is 0.417 e. The molecule has 0 aromatic carbocycles. The molecule has 0 atom stereocenters. The van der Waals surface area contributed by atoms with Crippen molar-refractivity contribution >= 4 is 23.5 Å². The zero-order valence-corrected chi connectivity index (χ0v) is 9.68. The first kappa shape index (κ1) is 14.4. The van der Waals surface area contributed by atoms with Crippen LogP contribution in [0.3, 0.4) is 0 Å². The van der Waals surface area contributed by atoms with E-state index in [-0.39, 0.29) is 24.0 Å². The van der Waals surface area contributed by atoms with E-state index in [1.807, 2.05) is 0 Å². The molecule has 18 heavy (non-hydrogen) atoms. The Morgan fingerprint density at radius 1 is 1.56 bits per heavy atom. The Morgan fingerprint density at radius 3 is 2.72 bits per heavy atom. The Kier molecular flexibility index (Phi) is 4.60. The van der Waals surface area contributed by atoms with Crippen LogP contribution >= 0.6 is 11.6 Å². The fourth-order valence-electron chi connectivity index (χ4n) is 1.04. The van der Waals surface area contributed by atoms with E-state index in [0.29, 0.717) is 6.20 Å². The van der Waals surface area contributed by atoms with Crippen LogP contribution in [0.2, 0.25) is 5.02 Å². The first-order valence-electron chi connectivity index (χ1n) is 4.69. The van der Waals surface area contributed by atoms with Crippen molar-refractivity contribution in [3.05, 3.63) is 22.8 Å². The molecule has 0 saturated carbocycles. The SMILES string of the molecule is NC(=O)OCCNc1ncc(C(F)(F)F)cc1Cl. The van der Waals surface area contributed by atoms with E-state index in [4.69, 9.17) is 17.3 Å². The van der Waals surface area contributed by atoms with Gasteiger partial charge in [0.2, 0.25) is 0 Å². The van der Waals surface area contributed by atoms with Gasteiger partial charge < -0.3 is 15.8 Å². The van der Waals surface area contributed by atoms with Crippen LogP contribution in [0.5, 0.6) is 0 Å². The number of nitrogens with zero attached hydrogens (tertiary/aromatic N) is 1. The third-order valence-corrected chi connectivity index (χ3v) is 2.10. The highest BCUT2D eigenvalue weighted by Gasteiger charge is 2.31. The summed E-state index contributed by atoms with van der Waals surface area (Å²) < 4.78 is 41.3. The number of carbonyl (C=O) groups is 1. The second kappa shape index (κ2) is 5.76. The Balaban J connectivity index is 2.60. The van der Waals surface area contributed by atoms with E-state index in [9.17, 15) is 18.0 Å². The summed E-state index contributed by atoms with van der Waals surface area (Å²) in [6.07, 6.45) is -4.78. The van der Waals surface area contributed by atoms with Gasteiger partial charge in [0.05, 0.1) is 17.1 Å². The first-order chi connectivity index (χ1) is 8.30. The standard InChI is InChI=1S/C9H9ClF3N3O2/c10-6-3-5(9(11,12)13)4-16-7(6)15-1-2-18-8(14)17/h3-4H,1-2H2,(H2,14,17)(H,15,16). The van der Waals surface area contributed by atoms with Gasteiger partial charge in [-0.05, 0) is 6.07 Å². The second-order valence-electron chi connectivity index (χ2n) is 3.15. The highest BCUT2D eigenvalue weighted by atomic mass is 35.5. The van der Waals surface area contributed by atoms with Crippen molar-refractivity contribution in [3.63, 3.8) is 0 Å². The summed E-state index contributed by atoms with van der Waals surface area (Å²) >= 11 is 5.62. The third-order valence-electron chi connectivity index (χ3n) is 1.81. The molecule has 0 aliphatic rings. The van der Waals surface area contributed by atoms with Crippen LogP contribution in [0.4, 0.5) is 23.8 Å². The van der Waals surface area contributed by atoms with Gasteiger partial charge in [0.15, 0.2) is 0 Å². The van der Waals surface area contributed by atoms with E-state index >= 15 is 0 Å². The lowest BCUT2D eigenvalue weighted by Crippen LogP contribution is -2.19. The number of nitrogens with two attached hydrogens (primary N) is 1. The van der Waals surface area contributed by atoms with Crippen molar-refractivity contribution in [2.24, 2.45) is 5.73 Å². The van der Waals surface area contributed by atoms with E-state index in [0.717, 1.165) is 6.07 Å². The van der Waals surface area contributed by atoms with Crippen molar-refractivity contribution in [3.8, 4) is 0 Å². The Morgan fingerprint density at radius 2 is 2.22 bits per heavy atom. The van der Waals surface area contributed by atoms with E-state index in [1.54, 1.807) is 0 Å². The van der Waals surface area contributed by atoms with Gasteiger partial charge >= 0.3 is 12.3 Å². The molecule has 0 saturated heterocycles. The largest absolute Gasteiger partial charge is 0.448 e. The predicted octanol–water partition coefficient (Wildman–Crippen LogP) is 2.26. The number of ether oxygens (including phenoxy) is 1. The predicted molar refractivity (Wildman–Crippen MR) is 58.3 cm³/mol. The molecule has 1 amide bonds. The first-order valence-corrected chi connectivity index (χ1v) is 5.07. The molecular weight excluding hydrogens is 275 g/mol. The molecule has 5 nitrogen and oxygen atoms in total. The highest BCUT2D eigenvalue weighted by molar-refractivity contribution is 6.32. The molecule has 0 aliphatic carbocycles. The minimum Gasteiger partial charge on any atom is -0.448 e. The zero-order chi connectivity index (χ0) is 13.8. The van der Waals surface area contributed by atoms with Crippen LogP contribution in [0.15, 0.2) is 12.3 Å². The van der Waals surface area contributed by atoms with Crippen LogP contribution in [0.1, 0.15) is 5.56 Å². The number of hydrogen-bond donors (Lipinski definition) is 2. The summed E-state index contributed by atoms with van der Waals surface area (Å²) in [6, 6.07) is 0.756. The number of hydrogen-bond acceptors (Lipinski definition) is 4. The second-order valence-corrected chi connectivity index (χ2v) is 3.55. The lowest BCUT2D eigenvalue weighted by atomic mass is 10.3. The molecule has 0 radical (unpaired) electrons. The van der Waals surface area contributed by atoms with Gasteiger partial charge in [-0.25, -0.2) is 9.78 Å². The number of carbonyl (C=O) groups excluding carboxylic acids is 1. The fourth-order valence-corrected chi connectivity index (χ4v) is 1.28. The quantitative estimate of drug-likeness (QED) is 0.831. The van der Waals surface area contributed by atoms with Gasteiger partial charge in [-0.1, -0.05) is 11.6 Å². The van der Waals surface area contributed by atoms with Gasteiger partial charge in [0.25, 0.3) is 0 Å². The van der Waals surface area contributed by atoms with E-state index in [1.165, 1.54) is 0 Å². The molecule has 0 aliphatic heterocycles. The van der Waals surface area contributed by atoms with Crippen molar-refractivity contribution in [1.82, 2.24) is 4.98 Å². The van der Waals surface area contributed by atoms with Crippen LogP contribution in [-0.2, 0) is 10.9 Å². The fraction of sp³-hybridized carbons (Fsp3) is 0.333. The minimum atomic E-state index is -4.50. The topological polar surface area (TPSA) is 77.2 Å². The summed E-state index contributed by atoms with van der Waals surface area (Å²) in [5.74, 6) is 0.0673. The Hall–Kier alpha value is -1.70. The molecule has 0 fully saturated rings. The molecule has 1 rings (SSSR count). The van der Waals surface area contributed by atoms with Crippen LogP contribution in [0.25, 0.3) is 0 Å². The maximum atomic E-state index is 12.3. The number of rotatable bonds is 4. The van der Waals surface area contributed by atoms with Crippen molar-refractivity contribution in [2.75, 3.05) is 18.5 Å². The number of amides is 1. The average molecular weight is 284 g/mol. The average Bonchev–Trinajstić information content (AvgIpc) is 2.24. The maximum absolute atomic E-state index is 12.3. The molecule has 100 valence electrons. The summed E-state index contributed by atoms with van der Waals surface area (Å²) in [4.78, 5) is 13.8. The van der Waals surface area contributed by atoms with Gasteiger partial charge in [0, 0.05) is 6.20 Å². The van der Waals surface area contributed by atoms with Gasteiger partial charge in [-0.2, -0.15) is 13.2 Å². The Labute approximate surface area is 105 Å². The molecule has 1 aromatic rings. The number of alkyl halides is 3. The molecule has 0 bridgehead atoms. The molecule has 1 heterocycles. The minimum absolute atomic E-state index is 0.0473. The maximum Gasteiger partial charge on any atom is 0.417 e. The number of primary amides is 1. The molecular formula is C9H9ClF3N3O2. The highest BCUT2D eigenvalue weighted by Crippen LogP contribution is 2.32. The molecule has 0 spiro atoms. The number of halogens is 4. The van der Waals surface area contributed by atoms with Crippen molar-refractivity contribution in [1.29, 1.82) is 0 Å². The van der Waals surface area contributed by atoms with Crippen molar-refractivity contribution < 1.29 is 22.7 Å². The van der Waals surface area contributed by atoms with Gasteiger partial charge in [0.1, 0.15) is 12.4 Å². The number of anilines is 1. The molecule has 0 unspecified atom stereocenters. The molecule has 9 heteroatoms. The molecule has 3 N–H and O–H groups in total. The third kappa shape index (κ3) is 4.28. The lowest BCUT2D eigenvalue weighted by Gasteiger charge is -2.10. The van der Waals surface area contributed by atoms with Gasteiger partial charge in [-0.3, -0.25) is 0 Å². The zero-order valence-electron chi connectivity index (χ0n) is 8.92. The lowest BCUT2D eigenvalue weighted by molar-refractivity contribution is -0.137. The Bertz CT molecular complexity index is 440. The van der Waals surface area contributed by atoms with Crippen LogP contribution in [-0.4, -0.2) is 24.2 Å². The molecule has 1 aromatic heterocycles. The number of aromatic nitrogens is 1. The summed E-state index contributed by atoms with van der Waals surface area (Å²) in [5, 5.41) is 2.43. The van der Waals surface area contributed by atoms with Crippen LogP contribution < -0.4 is 11.1 Å². The monoisotopic (exact) mass is 283 g/mol. The van der Waals surface area contributed by atoms with E-state index < -0.39 is 17.8 Å². The van der Waals surface area contributed by atoms with Crippen LogP contribution in [0, 0.1) is 0 Å². The summed E-state index contributed by atoms with van der Waals surface area (Å²) in [5.41, 5.74) is 3.78. The van der Waals surface area contributed by atoms with Gasteiger partial charge in [-0.15, -0.1) is 0 Å². The summed E-state index contributed by atoms with van der Waals surface area (Å²) in [7, 11) is 0. The number of nitrogens with one attached hydrogen (secondary N) is 1. The number of pyridine rings is 1. The van der Waals surface area contributed by atoms with Crippen molar-refractivity contribution in [2.45, 2.75) is 6.18 Å². The normalized spacial score (nSPS) is 11.1.